The maximum atomic E-state index is 15.0. The van der Waals surface area contributed by atoms with Crippen molar-refractivity contribution in [3.63, 3.8) is 0 Å². The molecule has 0 spiro atoms. The molecule has 0 saturated carbocycles. The predicted molar refractivity (Wildman–Crippen MR) is 137 cm³/mol. The summed E-state index contributed by atoms with van der Waals surface area (Å²) in [7, 11) is -4.41. The number of nitrogens with zero attached hydrogens (tertiary/aromatic N) is 2. The van der Waals surface area contributed by atoms with Gasteiger partial charge in [0, 0.05) is 12.2 Å². The number of hydrogen-bond donors (Lipinski definition) is 3. The third kappa shape index (κ3) is 7.83. The fraction of sp³-hybridized carbons (Fsp3) is 0.542. The van der Waals surface area contributed by atoms with Crippen molar-refractivity contribution in [2.24, 2.45) is 0 Å². The topological polar surface area (TPSA) is 150 Å². The van der Waals surface area contributed by atoms with Crippen LogP contribution in [0, 0.1) is 0 Å². The van der Waals surface area contributed by atoms with E-state index in [9.17, 15) is 19.3 Å². The molecule has 0 amide bonds. The van der Waals surface area contributed by atoms with Gasteiger partial charge in [-0.1, -0.05) is 18.2 Å². The van der Waals surface area contributed by atoms with Crippen LogP contribution in [0.25, 0.3) is 0 Å². The molecule has 1 aromatic heterocycles. The Hall–Kier alpha value is -2.90. The van der Waals surface area contributed by atoms with Gasteiger partial charge in [-0.2, -0.15) is 18.9 Å². The highest BCUT2D eigenvalue weighted by atomic mass is 31.2. The second-order valence-electron chi connectivity index (χ2n) is 9.48. The van der Waals surface area contributed by atoms with Gasteiger partial charge in [0.2, 0.25) is 6.23 Å². The van der Waals surface area contributed by atoms with Crippen LogP contribution in [-0.4, -0.2) is 63.6 Å². The number of aliphatic hydroxyl groups is 1. The zero-order chi connectivity index (χ0) is 29.0. The van der Waals surface area contributed by atoms with Crippen LogP contribution in [0.15, 0.2) is 47.4 Å². The van der Waals surface area contributed by atoms with E-state index in [4.69, 9.17) is 18.5 Å². The number of halogens is 2. The van der Waals surface area contributed by atoms with Crippen LogP contribution in [0.1, 0.15) is 40.8 Å². The Morgan fingerprint density at radius 2 is 1.87 bits per heavy atom. The molecule has 1 aromatic carbocycles. The third-order valence-electron chi connectivity index (χ3n) is 5.33. The number of esters is 1. The summed E-state index contributed by atoms with van der Waals surface area (Å²) in [6.45, 7) is 7.40. The van der Waals surface area contributed by atoms with E-state index in [0.717, 1.165) is 6.20 Å². The van der Waals surface area contributed by atoms with Crippen LogP contribution in [-0.2, 0) is 23.4 Å². The van der Waals surface area contributed by atoms with Gasteiger partial charge < -0.3 is 24.4 Å². The highest BCUT2D eigenvalue weighted by Crippen LogP contribution is 2.48. The Labute approximate surface area is 224 Å². The summed E-state index contributed by atoms with van der Waals surface area (Å²) >= 11 is 0. The Bertz CT molecular complexity index is 1230. The summed E-state index contributed by atoms with van der Waals surface area (Å²) in [6, 6.07) is 7.90. The number of hydrogen-bond acceptors (Lipinski definition) is 10. The van der Waals surface area contributed by atoms with E-state index in [-0.39, 0.29) is 17.6 Å². The van der Waals surface area contributed by atoms with Crippen molar-refractivity contribution in [3.05, 3.63) is 53.1 Å². The molecule has 15 heteroatoms. The second-order valence-corrected chi connectivity index (χ2v) is 11.2. The monoisotopic (exact) mass is 574 g/mol. The number of aromatic nitrogens is 2. The smallest absolute Gasteiger partial charge is 0.459 e. The lowest BCUT2D eigenvalue weighted by Crippen LogP contribution is -2.42. The van der Waals surface area contributed by atoms with Gasteiger partial charge in [-0.3, -0.25) is 13.9 Å². The number of carbonyl (C=O) groups is 1. The van der Waals surface area contributed by atoms with Gasteiger partial charge in [0.15, 0.2) is 6.10 Å². The number of aliphatic hydroxyl groups excluding tert-OH is 1. The number of alkyl halides is 2. The molecule has 0 aliphatic carbocycles. The number of rotatable bonds is 12. The first kappa shape index (κ1) is 30.6. The van der Waals surface area contributed by atoms with E-state index >= 15 is 8.78 Å². The van der Waals surface area contributed by atoms with Crippen LogP contribution in [0.2, 0.25) is 0 Å². The predicted octanol–water partition coefficient (Wildman–Crippen LogP) is 3.09. The number of nitrogens with one attached hydrogen (secondary N) is 2. The maximum absolute atomic E-state index is 15.0. The molecule has 5 atom stereocenters. The molecule has 3 unspecified atom stereocenters. The molecule has 3 N–H and O–H groups in total. The van der Waals surface area contributed by atoms with Crippen molar-refractivity contribution in [3.8, 4) is 5.75 Å². The summed E-state index contributed by atoms with van der Waals surface area (Å²) in [4.78, 5) is 28.5. The molecule has 2 heterocycles. The maximum Gasteiger partial charge on any atom is 0.459 e. The highest BCUT2D eigenvalue weighted by molar-refractivity contribution is 7.52. The Balaban J connectivity index is 1.79. The Morgan fingerprint density at radius 3 is 2.46 bits per heavy atom. The van der Waals surface area contributed by atoms with Crippen molar-refractivity contribution in [1.29, 1.82) is 0 Å². The van der Waals surface area contributed by atoms with E-state index < -0.39 is 62.5 Å². The zero-order valence-electron chi connectivity index (χ0n) is 22.1. The van der Waals surface area contributed by atoms with Crippen molar-refractivity contribution < 1.29 is 41.8 Å². The van der Waals surface area contributed by atoms with Gasteiger partial charge in [0.25, 0.3) is 0 Å². The minimum atomic E-state index is -4.41. The van der Waals surface area contributed by atoms with Gasteiger partial charge in [-0.05, 0) is 52.8 Å². The molecule has 216 valence electrons. The van der Waals surface area contributed by atoms with E-state index in [2.05, 4.69) is 15.4 Å². The fourth-order valence-corrected chi connectivity index (χ4v) is 5.08. The molecule has 1 aliphatic rings. The van der Waals surface area contributed by atoms with Crippen molar-refractivity contribution >= 4 is 19.5 Å². The quantitative estimate of drug-likeness (QED) is 0.254. The third-order valence-corrected chi connectivity index (χ3v) is 6.98. The van der Waals surface area contributed by atoms with Crippen LogP contribution >= 0.6 is 7.75 Å². The Kier molecular flexibility index (Phi) is 9.83. The average Bonchev–Trinajstić information content (AvgIpc) is 3.06. The fourth-order valence-electron chi connectivity index (χ4n) is 3.58. The lowest BCUT2D eigenvalue weighted by molar-refractivity contribution is -0.149. The molecule has 39 heavy (non-hydrogen) atoms. The van der Waals surface area contributed by atoms with Gasteiger partial charge in [-0.15, -0.1) is 0 Å². The van der Waals surface area contributed by atoms with Crippen LogP contribution < -0.4 is 20.6 Å². The van der Waals surface area contributed by atoms with Crippen LogP contribution in [0.4, 0.5) is 14.6 Å². The highest BCUT2D eigenvalue weighted by Gasteiger charge is 2.60. The molecule has 12 nitrogen and oxygen atoms in total. The second kappa shape index (κ2) is 12.5. The minimum absolute atomic E-state index is 0.0578. The molecule has 0 radical (unpaired) electrons. The molecule has 3 rings (SSSR count). The molecule has 1 saturated heterocycles. The summed E-state index contributed by atoms with van der Waals surface area (Å²) in [5.74, 6) is -4.40. The van der Waals surface area contributed by atoms with Crippen molar-refractivity contribution in [1.82, 2.24) is 14.6 Å². The summed E-state index contributed by atoms with van der Waals surface area (Å²) in [5, 5.41) is 15.6. The van der Waals surface area contributed by atoms with E-state index in [1.807, 2.05) is 13.8 Å². The van der Waals surface area contributed by atoms with Gasteiger partial charge in [-0.25, -0.2) is 9.36 Å². The van der Waals surface area contributed by atoms with E-state index in [0.29, 0.717) is 4.57 Å². The Morgan fingerprint density at radius 1 is 1.21 bits per heavy atom. The normalized spacial score (nSPS) is 22.9. The van der Waals surface area contributed by atoms with Crippen LogP contribution in [0.5, 0.6) is 5.75 Å². The van der Waals surface area contributed by atoms with Gasteiger partial charge in [0.05, 0.1) is 12.7 Å². The molecular formula is C24H33F2N4O8P. The van der Waals surface area contributed by atoms with Gasteiger partial charge >= 0.3 is 25.3 Å². The first-order chi connectivity index (χ1) is 18.2. The summed E-state index contributed by atoms with van der Waals surface area (Å²) in [6.07, 6.45) is -5.75. The molecular weight excluding hydrogens is 541 g/mol. The minimum Gasteiger partial charge on any atom is -0.462 e. The number of carbonyl (C=O) groups excluding carboxylic acids is 1. The average molecular weight is 575 g/mol. The lowest BCUT2D eigenvalue weighted by atomic mass is 10.1. The largest absolute Gasteiger partial charge is 0.462 e. The SMILES string of the molecule is CC(C)Nc1ccn(C2O[C@H](COP(=O)(NC(C)C(=O)OC(C)C)Oc3ccccc3)[C@@H](O)C2(F)F)c(=O)n1. The number of benzene rings is 1. The number of anilines is 1. The molecule has 1 fully saturated rings. The van der Waals surface area contributed by atoms with Crippen LogP contribution in [0.3, 0.4) is 0 Å². The summed E-state index contributed by atoms with van der Waals surface area (Å²) in [5.41, 5.74) is -1.03. The molecule has 1 aliphatic heterocycles. The van der Waals surface area contributed by atoms with Crippen molar-refractivity contribution in [2.45, 2.75) is 77.2 Å². The van der Waals surface area contributed by atoms with Gasteiger partial charge in [0.1, 0.15) is 23.7 Å². The first-order valence-corrected chi connectivity index (χ1v) is 13.8. The van der Waals surface area contributed by atoms with E-state index in [1.54, 1.807) is 32.0 Å². The lowest BCUT2D eigenvalue weighted by Gasteiger charge is -2.25. The zero-order valence-corrected chi connectivity index (χ0v) is 23.0. The standard InChI is InChI=1S/C24H33F2N4O8P/c1-14(2)27-19-11-12-30(23(33)28-19)22-24(25,26)20(31)18(37-22)13-35-39(34,38-17-9-7-6-8-10-17)29-16(5)21(32)36-15(3)4/h6-12,14-16,18,20,22,31H,13H2,1-5H3,(H,29,34)(H,27,28,33)/t16?,18-,20-,22?,39?/m1/s1. The molecule has 0 bridgehead atoms. The number of para-hydroxylation sites is 1. The summed E-state index contributed by atoms with van der Waals surface area (Å²) < 4.78 is 65.4. The number of ether oxygens (including phenoxy) is 2. The van der Waals surface area contributed by atoms with Crippen molar-refractivity contribution in [2.75, 3.05) is 11.9 Å². The van der Waals surface area contributed by atoms with E-state index in [1.165, 1.54) is 25.1 Å². The molecule has 2 aromatic rings. The first-order valence-electron chi connectivity index (χ1n) is 12.3.